The van der Waals surface area contributed by atoms with E-state index in [-0.39, 0.29) is 17.6 Å². The average Bonchev–Trinajstić information content (AvgIpc) is 2.91. The number of rotatable bonds is 1. The molecule has 9 heteroatoms. The van der Waals surface area contributed by atoms with E-state index in [4.69, 9.17) is 0 Å². The highest BCUT2D eigenvalue weighted by Gasteiger charge is 2.37. The number of nitrogens with zero attached hydrogens (tertiary/aromatic N) is 5. The molecule has 0 bridgehead atoms. The van der Waals surface area contributed by atoms with Gasteiger partial charge in [-0.25, -0.2) is 9.50 Å². The summed E-state index contributed by atoms with van der Waals surface area (Å²) in [5, 5.41) is 3.54. The van der Waals surface area contributed by atoms with Crippen LogP contribution in [0.1, 0.15) is 37.2 Å². The van der Waals surface area contributed by atoms with Gasteiger partial charge >= 0.3 is 6.18 Å². The van der Waals surface area contributed by atoms with E-state index in [9.17, 15) is 18.0 Å². The molecule has 0 unspecified atom stereocenters. The molecule has 0 radical (unpaired) electrons. The summed E-state index contributed by atoms with van der Waals surface area (Å²) in [4.78, 5) is 20.5. The van der Waals surface area contributed by atoms with Gasteiger partial charge in [-0.1, -0.05) is 0 Å². The van der Waals surface area contributed by atoms with E-state index in [1.165, 1.54) is 13.1 Å². The highest BCUT2D eigenvalue weighted by molar-refractivity contribution is 5.73. The van der Waals surface area contributed by atoms with Gasteiger partial charge in [-0.2, -0.15) is 18.2 Å². The molecule has 22 heavy (non-hydrogen) atoms. The number of piperidine rings is 1. The van der Waals surface area contributed by atoms with Crippen LogP contribution >= 0.6 is 0 Å². The van der Waals surface area contributed by atoms with Crippen molar-refractivity contribution in [3.8, 4) is 0 Å². The minimum absolute atomic E-state index is 0.0374. The second kappa shape index (κ2) is 5.22. The second-order valence-corrected chi connectivity index (χ2v) is 5.32. The molecule has 1 aliphatic rings. The first-order chi connectivity index (χ1) is 10.4. The lowest BCUT2D eigenvalue weighted by molar-refractivity contribution is -0.144. The molecule has 2 aromatic rings. The molecule has 0 saturated carbocycles. The van der Waals surface area contributed by atoms with Crippen LogP contribution in [-0.4, -0.2) is 43.5 Å². The van der Waals surface area contributed by atoms with Gasteiger partial charge in [0.15, 0.2) is 0 Å². The van der Waals surface area contributed by atoms with Gasteiger partial charge in [0, 0.05) is 32.1 Å². The highest BCUT2D eigenvalue weighted by atomic mass is 19.4. The summed E-state index contributed by atoms with van der Waals surface area (Å²) in [5.74, 6) is -1.40. The maximum Gasteiger partial charge on any atom is 0.453 e. The summed E-state index contributed by atoms with van der Waals surface area (Å²) < 4.78 is 39.4. The molecule has 0 spiro atoms. The molecule has 0 aromatic carbocycles. The first-order valence-corrected chi connectivity index (χ1v) is 6.90. The molecular formula is C13H14F3N5O. The zero-order chi connectivity index (χ0) is 15.9. The van der Waals surface area contributed by atoms with Crippen LogP contribution in [0, 0.1) is 0 Å². The van der Waals surface area contributed by atoms with E-state index in [0.29, 0.717) is 18.8 Å². The zero-order valence-corrected chi connectivity index (χ0v) is 11.8. The molecule has 118 valence electrons. The summed E-state index contributed by atoms with van der Waals surface area (Å²) in [7, 11) is 0. The predicted octanol–water partition coefficient (Wildman–Crippen LogP) is 1.87. The lowest BCUT2D eigenvalue weighted by Gasteiger charge is -2.32. The number of hydrogen-bond donors (Lipinski definition) is 0. The molecule has 2 aromatic heterocycles. The Morgan fingerprint density at radius 3 is 2.86 bits per heavy atom. The van der Waals surface area contributed by atoms with Crippen LogP contribution in [0.4, 0.5) is 13.2 Å². The molecule has 1 amide bonds. The maximum atomic E-state index is 12.7. The Morgan fingerprint density at radius 2 is 2.18 bits per heavy atom. The number of amides is 1. The fraction of sp³-hybridized carbons (Fsp3) is 0.538. The molecule has 1 aliphatic heterocycles. The molecule has 1 saturated heterocycles. The summed E-state index contributed by atoms with van der Waals surface area (Å²) in [5.41, 5.74) is 0.596. The van der Waals surface area contributed by atoms with Crippen LogP contribution < -0.4 is 0 Å². The topological polar surface area (TPSA) is 63.4 Å². The molecule has 0 N–H and O–H groups in total. The Balaban J connectivity index is 2.00. The Kier molecular flexibility index (Phi) is 3.50. The predicted molar refractivity (Wildman–Crippen MR) is 70.0 cm³/mol. The van der Waals surface area contributed by atoms with Crippen LogP contribution in [0.5, 0.6) is 0 Å². The van der Waals surface area contributed by atoms with Crippen molar-refractivity contribution in [2.45, 2.75) is 31.9 Å². The summed E-state index contributed by atoms with van der Waals surface area (Å²) in [6.45, 7) is 2.63. The SMILES string of the molecule is CC(=O)N1CCC[C@H](c2ccnc3nc(C(F)(F)F)nn23)C1. The Morgan fingerprint density at radius 1 is 1.41 bits per heavy atom. The average molecular weight is 313 g/mol. The minimum atomic E-state index is -4.61. The zero-order valence-electron chi connectivity index (χ0n) is 11.8. The van der Waals surface area contributed by atoms with E-state index >= 15 is 0 Å². The van der Waals surface area contributed by atoms with Crippen LogP contribution in [-0.2, 0) is 11.0 Å². The largest absolute Gasteiger partial charge is 0.453 e. The van der Waals surface area contributed by atoms with E-state index in [1.54, 1.807) is 11.0 Å². The summed E-state index contributed by atoms with van der Waals surface area (Å²) in [6, 6.07) is 1.64. The Labute approximate surface area is 124 Å². The monoisotopic (exact) mass is 313 g/mol. The van der Waals surface area contributed by atoms with Crippen molar-refractivity contribution >= 4 is 11.7 Å². The van der Waals surface area contributed by atoms with Crippen LogP contribution in [0.2, 0.25) is 0 Å². The van der Waals surface area contributed by atoms with Gasteiger partial charge in [0.2, 0.25) is 5.91 Å². The van der Waals surface area contributed by atoms with Crippen molar-refractivity contribution < 1.29 is 18.0 Å². The van der Waals surface area contributed by atoms with Crippen molar-refractivity contribution in [3.63, 3.8) is 0 Å². The third kappa shape index (κ3) is 2.62. The number of hydrogen-bond acceptors (Lipinski definition) is 4. The van der Waals surface area contributed by atoms with Gasteiger partial charge in [-0.05, 0) is 18.9 Å². The van der Waals surface area contributed by atoms with E-state index < -0.39 is 12.0 Å². The van der Waals surface area contributed by atoms with Gasteiger partial charge in [-0.15, -0.1) is 5.10 Å². The third-order valence-corrected chi connectivity index (χ3v) is 3.81. The van der Waals surface area contributed by atoms with Crippen molar-refractivity contribution in [2.24, 2.45) is 0 Å². The molecule has 3 rings (SSSR count). The van der Waals surface area contributed by atoms with Gasteiger partial charge in [-0.3, -0.25) is 4.79 Å². The number of alkyl halides is 3. The molecule has 1 fully saturated rings. The fourth-order valence-corrected chi connectivity index (χ4v) is 2.75. The van der Waals surface area contributed by atoms with Gasteiger partial charge < -0.3 is 4.90 Å². The molecule has 6 nitrogen and oxygen atoms in total. The maximum absolute atomic E-state index is 12.7. The third-order valence-electron chi connectivity index (χ3n) is 3.81. The smallest absolute Gasteiger partial charge is 0.342 e. The van der Waals surface area contributed by atoms with Crippen molar-refractivity contribution in [2.75, 3.05) is 13.1 Å². The Hall–Kier alpha value is -2.19. The summed E-state index contributed by atoms with van der Waals surface area (Å²) in [6.07, 6.45) is -1.60. The first kappa shape index (κ1) is 14.7. The molecular weight excluding hydrogens is 299 g/mol. The van der Waals surface area contributed by atoms with Crippen molar-refractivity contribution in [1.82, 2.24) is 24.5 Å². The second-order valence-electron chi connectivity index (χ2n) is 5.32. The molecule has 0 aliphatic carbocycles. The van der Waals surface area contributed by atoms with E-state index in [2.05, 4.69) is 15.1 Å². The van der Waals surface area contributed by atoms with Crippen molar-refractivity contribution in [1.29, 1.82) is 0 Å². The normalized spacial score (nSPS) is 19.6. The quantitative estimate of drug-likeness (QED) is 0.806. The van der Waals surface area contributed by atoms with Crippen LogP contribution in [0.3, 0.4) is 0 Å². The van der Waals surface area contributed by atoms with Crippen LogP contribution in [0.25, 0.3) is 5.78 Å². The molecule has 3 heterocycles. The van der Waals surface area contributed by atoms with Crippen molar-refractivity contribution in [3.05, 3.63) is 23.8 Å². The molecule has 1 atom stereocenters. The number of aromatic nitrogens is 4. The van der Waals surface area contributed by atoms with Gasteiger partial charge in [0.05, 0.1) is 5.69 Å². The van der Waals surface area contributed by atoms with E-state index in [1.807, 2.05) is 0 Å². The standard InChI is InChI=1S/C13H14F3N5O/c1-8(22)20-6-2-3-9(7-20)10-4-5-17-12-18-11(13(14,15)16)19-21(10)12/h4-5,9H,2-3,6-7H2,1H3/t9-/m0/s1. The highest BCUT2D eigenvalue weighted by Crippen LogP contribution is 2.29. The number of carbonyl (C=O) groups excluding carboxylic acids is 1. The lowest BCUT2D eigenvalue weighted by Crippen LogP contribution is -2.38. The van der Waals surface area contributed by atoms with E-state index in [0.717, 1.165) is 17.4 Å². The van der Waals surface area contributed by atoms with Gasteiger partial charge in [0.1, 0.15) is 0 Å². The minimum Gasteiger partial charge on any atom is -0.342 e. The number of carbonyl (C=O) groups is 1. The fourth-order valence-electron chi connectivity index (χ4n) is 2.75. The summed E-state index contributed by atoms with van der Waals surface area (Å²) >= 11 is 0. The number of halogens is 3. The Bertz CT molecular complexity index is 711. The van der Waals surface area contributed by atoms with Crippen LogP contribution in [0.15, 0.2) is 12.3 Å². The lowest BCUT2D eigenvalue weighted by atomic mass is 9.94. The van der Waals surface area contributed by atoms with Gasteiger partial charge in [0.25, 0.3) is 11.6 Å². The number of fused-ring (bicyclic) bond motifs is 1. The number of likely N-dealkylation sites (tertiary alicyclic amines) is 1. The first-order valence-electron chi connectivity index (χ1n) is 6.90.